The fourth-order valence-corrected chi connectivity index (χ4v) is 2.33. The predicted octanol–water partition coefficient (Wildman–Crippen LogP) is 0.900. The first-order valence-corrected chi connectivity index (χ1v) is 3.99. The number of hydrogen-bond donors (Lipinski definition) is 1. The van der Waals surface area contributed by atoms with Crippen molar-refractivity contribution in [1.29, 1.82) is 5.26 Å². The van der Waals surface area contributed by atoms with E-state index >= 15 is 0 Å². The van der Waals surface area contributed by atoms with Gasteiger partial charge in [-0.05, 0) is 25.3 Å². The van der Waals surface area contributed by atoms with Crippen LogP contribution in [0.4, 0.5) is 0 Å². The lowest BCUT2D eigenvalue weighted by atomic mass is 9.82. The van der Waals surface area contributed by atoms with Crippen LogP contribution in [0.15, 0.2) is 0 Å². The third kappa shape index (κ3) is 0.615. The summed E-state index contributed by atoms with van der Waals surface area (Å²) in [4.78, 5) is 0. The predicted molar refractivity (Wildman–Crippen MR) is 38.3 cm³/mol. The molecule has 0 aromatic rings. The molecule has 1 aliphatic heterocycles. The van der Waals surface area contributed by atoms with Crippen LogP contribution < -0.4 is 5.32 Å². The van der Waals surface area contributed by atoms with Crippen LogP contribution >= 0.6 is 0 Å². The minimum atomic E-state index is 0.0417. The van der Waals surface area contributed by atoms with Gasteiger partial charge in [-0.1, -0.05) is 6.42 Å². The molecule has 0 aromatic heterocycles. The Kier molecular flexibility index (Phi) is 1.21. The summed E-state index contributed by atoms with van der Waals surface area (Å²) in [7, 11) is 0. The Morgan fingerprint density at radius 2 is 2.50 bits per heavy atom. The molecule has 1 heterocycles. The average Bonchev–Trinajstić information content (AvgIpc) is 2.42. The summed E-state index contributed by atoms with van der Waals surface area (Å²) in [6, 6.07) is 2.48. The molecule has 0 unspecified atom stereocenters. The van der Waals surface area contributed by atoms with Crippen LogP contribution in [0.1, 0.15) is 19.3 Å². The van der Waals surface area contributed by atoms with E-state index in [4.69, 9.17) is 5.26 Å². The van der Waals surface area contributed by atoms with Gasteiger partial charge in [0.2, 0.25) is 0 Å². The number of nitrogens with zero attached hydrogens (tertiary/aromatic N) is 1. The SMILES string of the molecule is N#C[C@@]12CCC[C@@H]1CNC2. The van der Waals surface area contributed by atoms with Crippen molar-refractivity contribution in [2.24, 2.45) is 11.3 Å². The highest BCUT2D eigenvalue weighted by molar-refractivity contribution is 5.11. The van der Waals surface area contributed by atoms with Crippen LogP contribution in [0, 0.1) is 22.7 Å². The van der Waals surface area contributed by atoms with Crippen molar-refractivity contribution >= 4 is 0 Å². The first-order chi connectivity index (χ1) is 4.87. The molecule has 54 valence electrons. The highest BCUT2D eigenvalue weighted by Gasteiger charge is 2.46. The Balaban J connectivity index is 2.25. The molecular weight excluding hydrogens is 124 g/mol. The van der Waals surface area contributed by atoms with Gasteiger partial charge in [-0.15, -0.1) is 0 Å². The highest BCUT2D eigenvalue weighted by Crippen LogP contribution is 2.44. The monoisotopic (exact) mass is 136 g/mol. The molecule has 0 spiro atoms. The smallest absolute Gasteiger partial charge is 0.0738 e. The quantitative estimate of drug-likeness (QED) is 0.537. The Morgan fingerprint density at radius 1 is 1.60 bits per heavy atom. The lowest BCUT2D eigenvalue weighted by molar-refractivity contribution is 0.374. The largest absolute Gasteiger partial charge is 0.315 e. The van der Waals surface area contributed by atoms with Crippen molar-refractivity contribution < 1.29 is 0 Å². The lowest BCUT2D eigenvalue weighted by Gasteiger charge is -2.17. The second kappa shape index (κ2) is 1.96. The lowest BCUT2D eigenvalue weighted by Crippen LogP contribution is -2.22. The summed E-state index contributed by atoms with van der Waals surface area (Å²) < 4.78 is 0. The first-order valence-electron chi connectivity index (χ1n) is 3.99. The van der Waals surface area contributed by atoms with E-state index in [2.05, 4.69) is 11.4 Å². The number of rotatable bonds is 0. The zero-order valence-electron chi connectivity index (χ0n) is 6.06. The molecule has 2 atom stereocenters. The molecule has 2 fully saturated rings. The summed E-state index contributed by atoms with van der Waals surface area (Å²) in [6.07, 6.45) is 3.65. The number of nitriles is 1. The van der Waals surface area contributed by atoms with Crippen LogP contribution in [0.25, 0.3) is 0 Å². The van der Waals surface area contributed by atoms with E-state index in [0.717, 1.165) is 19.5 Å². The normalized spacial score (nSPS) is 44.9. The Bertz CT molecular complexity index is 170. The topological polar surface area (TPSA) is 35.8 Å². The maximum Gasteiger partial charge on any atom is 0.0738 e. The minimum Gasteiger partial charge on any atom is -0.315 e. The van der Waals surface area contributed by atoms with Crippen molar-refractivity contribution in [3.63, 3.8) is 0 Å². The van der Waals surface area contributed by atoms with E-state index in [1.807, 2.05) is 0 Å². The van der Waals surface area contributed by atoms with Crippen molar-refractivity contribution in [3.8, 4) is 6.07 Å². The summed E-state index contributed by atoms with van der Waals surface area (Å²) in [5, 5.41) is 12.2. The Labute approximate surface area is 61.2 Å². The van der Waals surface area contributed by atoms with Gasteiger partial charge in [-0.2, -0.15) is 5.26 Å². The molecule has 2 aliphatic rings. The van der Waals surface area contributed by atoms with Gasteiger partial charge in [0.15, 0.2) is 0 Å². The maximum atomic E-state index is 8.94. The van der Waals surface area contributed by atoms with Gasteiger partial charge in [0, 0.05) is 6.54 Å². The summed E-state index contributed by atoms with van der Waals surface area (Å²) >= 11 is 0. The van der Waals surface area contributed by atoms with Gasteiger partial charge in [0.1, 0.15) is 0 Å². The zero-order chi connectivity index (χ0) is 7.03. The molecule has 0 amide bonds. The van der Waals surface area contributed by atoms with E-state index < -0.39 is 0 Å². The van der Waals surface area contributed by atoms with Gasteiger partial charge >= 0.3 is 0 Å². The van der Waals surface area contributed by atoms with Gasteiger partial charge in [-0.25, -0.2) is 0 Å². The molecule has 2 rings (SSSR count). The molecule has 1 N–H and O–H groups in total. The standard InChI is InChI=1S/C8H12N2/c9-5-8-3-1-2-7(8)4-10-6-8/h7,10H,1-4,6H2/t7-,8-/m1/s1. The second-order valence-electron chi connectivity index (χ2n) is 3.49. The van der Waals surface area contributed by atoms with E-state index in [1.165, 1.54) is 12.8 Å². The number of fused-ring (bicyclic) bond motifs is 1. The molecule has 1 saturated heterocycles. The van der Waals surface area contributed by atoms with Crippen LogP contribution in [0.2, 0.25) is 0 Å². The van der Waals surface area contributed by atoms with Gasteiger partial charge in [0.25, 0.3) is 0 Å². The van der Waals surface area contributed by atoms with Gasteiger partial charge in [0.05, 0.1) is 11.5 Å². The van der Waals surface area contributed by atoms with E-state index in [9.17, 15) is 0 Å². The fourth-order valence-electron chi connectivity index (χ4n) is 2.33. The highest BCUT2D eigenvalue weighted by atomic mass is 14.9. The van der Waals surface area contributed by atoms with E-state index in [1.54, 1.807) is 0 Å². The van der Waals surface area contributed by atoms with Crippen molar-refractivity contribution in [2.75, 3.05) is 13.1 Å². The summed E-state index contributed by atoms with van der Waals surface area (Å²) in [5.41, 5.74) is 0.0417. The zero-order valence-corrected chi connectivity index (χ0v) is 6.06. The van der Waals surface area contributed by atoms with Gasteiger partial charge in [-0.3, -0.25) is 0 Å². The number of nitrogens with one attached hydrogen (secondary N) is 1. The minimum absolute atomic E-state index is 0.0417. The number of hydrogen-bond acceptors (Lipinski definition) is 2. The molecule has 2 nitrogen and oxygen atoms in total. The van der Waals surface area contributed by atoms with Crippen molar-refractivity contribution in [1.82, 2.24) is 5.32 Å². The fraction of sp³-hybridized carbons (Fsp3) is 0.875. The molecule has 10 heavy (non-hydrogen) atoms. The summed E-state index contributed by atoms with van der Waals surface area (Å²) in [5.74, 6) is 0.664. The third-order valence-corrected chi connectivity index (χ3v) is 3.01. The van der Waals surface area contributed by atoms with Crippen molar-refractivity contribution in [3.05, 3.63) is 0 Å². The molecule has 0 aromatic carbocycles. The summed E-state index contributed by atoms with van der Waals surface area (Å²) in [6.45, 7) is 2.02. The molecule has 0 bridgehead atoms. The first kappa shape index (κ1) is 6.18. The molecule has 1 saturated carbocycles. The van der Waals surface area contributed by atoms with Crippen LogP contribution in [0.3, 0.4) is 0 Å². The van der Waals surface area contributed by atoms with Crippen molar-refractivity contribution in [2.45, 2.75) is 19.3 Å². The molecule has 2 heteroatoms. The van der Waals surface area contributed by atoms with E-state index in [0.29, 0.717) is 5.92 Å². The Hall–Kier alpha value is -0.550. The maximum absolute atomic E-state index is 8.94. The second-order valence-corrected chi connectivity index (χ2v) is 3.49. The molecule has 1 aliphatic carbocycles. The Morgan fingerprint density at radius 3 is 3.20 bits per heavy atom. The molecular formula is C8H12N2. The average molecular weight is 136 g/mol. The third-order valence-electron chi connectivity index (χ3n) is 3.01. The van der Waals surface area contributed by atoms with Gasteiger partial charge < -0.3 is 5.32 Å². The van der Waals surface area contributed by atoms with Crippen LogP contribution in [-0.2, 0) is 0 Å². The van der Waals surface area contributed by atoms with E-state index in [-0.39, 0.29) is 5.41 Å². The molecule has 0 radical (unpaired) electrons. The van der Waals surface area contributed by atoms with Crippen LogP contribution in [0.5, 0.6) is 0 Å². The van der Waals surface area contributed by atoms with Crippen LogP contribution in [-0.4, -0.2) is 13.1 Å².